The monoisotopic (exact) mass is 380 g/mol. The molecule has 6 heteroatoms. The van der Waals surface area contributed by atoms with Crippen LogP contribution in [-0.2, 0) is 0 Å². The van der Waals surface area contributed by atoms with Gasteiger partial charge in [0.15, 0.2) is 0 Å². The molecule has 1 aromatic heterocycles. The molecule has 2 atom stereocenters. The minimum atomic E-state index is 0.00625. The van der Waals surface area contributed by atoms with Crippen LogP contribution in [0.25, 0.3) is 0 Å². The van der Waals surface area contributed by atoms with Crippen molar-refractivity contribution in [2.24, 2.45) is 11.7 Å². The summed E-state index contributed by atoms with van der Waals surface area (Å²) in [5.41, 5.74) is 5.70. The summed E-state index contributed by atoms with van der Waals surface area (Å²) < 4.78 is 1.87. The summed E-state index contributed by atoms with van der Waals surface area (Å²) in [7, 11) is 0. The van der Waals surface area contributed by atoms with Gasteiger partial charge in [0.1, 0.15) is 0 Å². The Morgan fingerprint density at radius 1 is 1.53 bits per heavy atom. The Kier molecular flexibility index (Phi) is 4.63. The van der Waals surface area contributed by atoms with E-state index in [0.29, 0.717) is 12.5 Å². The van der Waals surface area contributed by atoms with E-state index in [1.165, 1.54) is 11.3 Å². The van der Waals surface area contributed by atoms with Crippen LogP contribution < -0.4 is 11.1 Å². The highest BCUT2D eigenvalue weighted by atomic mass is 79.9. The van der Waals surface area contributed by atoms with E-state index in [0.717, 1.165) is 32.4 Å². The molecule has 1 amide bonds. The molecule has 1 aliphatic rings. The van der Waals surface area contributed by atoms with Crippen molar-refractivity contribution < 1.29 is 4.79 Å². The molecule has 0 aliphatic heterocycles. The second-order valence-electron chi connectivity index (χ2n) is 4.24. The van der Waals surface area contributed by atoms with Crippen LogP contribution >= 0.6 is 43.2 Å². The smallest absolute Gasteiger partial charge is 0.261 e. The summed E-state index contributed by atoms with van der Waals surface area (Å²) >= 11 is 8.22. The molecule has 0 spiro atoms. The molecule has 0 aromatic carbocycles. The zero-order chi connectivity index (χ0) is 12.4. The SMILES string of the molecule is NCC1CCCC1NC(=O)c1cc(Br)c(Br)s1. The number of carbonyl (C=O) groups excluding carboxylic acids is 1. The first-order valence-corrected chi connectivity index (χ1v) is 7.98. The van der Waals surface area contributed by atoms with Gasteiger partial charge in [-0.15, -0.1) is 11.3 Å². The summed E-state index contributed by atoms with van der Waals surface area (Å²) in [5, 5.41) is 3.09. The van der Waals surface area contributed by atoms with Crippen LogP contribution in [0.4, 0.5) is 0 Å². The number of carbonyl (C=O) groups is 1. The zero-order valence-electron chi connectivity index (χ0n) is 9.21. The van der Waals surface area contributed by atoms with Crippen LogP contribution in [0.1, 0.15) is 28.9 Å². The minimum absolute atomic E-state index is 0.00625. The summed E-state index contributed by atoms with van der Waals surface area (Å²) in [6.07, 6.45) is 3.32. The van der Waals surface area contributed by atoms with Gasteiger partial charge in [-0.25, -0.2) is 0 Å². The fraction of sp³-hybridized carbons (Fsp3) is 0.545. The summed E-state index contributed by atoms with van der Waals surface area (Å²) in [6.45, 7) is 0.656. The Bertz CT molecular complexity index is 402. The normalized spacial score (nSPS) is 23.9. The maximum atomic E-state index is 12.0. The second-order valence-corrected chi connectivity index (χ2v) is 7.46. The average Bonchev–Trinajstić information content (AvgIpc) is 2.86. The van der Waals surface area contributed by atoms with Gasteiger partial charge < -0.3 is 11.1 Å². The van der Waals surface area contributed by atoms with Crippen molar-refractivity contribution in [3.63, 3.8) is 0 Å². The topological polar surface area (TPSA) is 55.1 Å². The van der Waals surface area contributed by atoms with E-state index in [1.807, 2.05) is 6.07 Å². The number of thiophene rings is 1. The molecule has 0 bridgehead atoms. The van der Waals surface area contributed by atoms with E-state index in [9.17, 15) is 4.79 Å². The Morgan fingerprint density at radius 3 is 2.88 bits per heavy atom. The summed E-state index contributed by atoms with van der Waals surface area (Å²) in [6, 6.07) is 2.09. The van der Waals surface area contributed by atoms with Gasteiger partial charge in [0.2, 0.25) is 0 Å². The molecule has 3 N–H and O–H groups in total. The lowest BCUT2D eigenvalue weighted by atomic mass is 10.0. The average molecular weight is 382 g/mol. The highest BCUT2D eigenvalue weighted by molar-refractivity contribution is 9.13. The van der Waals surface area contributed by atoms with Gasteiger partial charge in [-0.1, -0.05) is 6.42 Å². The van der Waals surface area contributed by atoms with E-state index in [1.54, 1.807) is 0 Å². The van der Waals surface area contributed by atoms with Crippen LogP contribution in [0.5, 0.6) is 0 Å². The first-order chi connectivity index (χ1) is 8.11. The molecule has 17 heavy (non-hydrogen) atoms. The number of nitrogens with two attached hydrogens (primary N) is 1. The van der Waals surface area contributed by atoms with E-state index < -0.39 is 0 Å². The van der Waals surface area contributed by atoms with Crippen LogP contribution in [-0.4, -0.2) is 18.5 Å². The second kappa shape index (κ2) is 5.82. The first-order valence-electron chi connectivity index (χ1n) is 5.57. The van der Waals surface area contributed by atoms with Crippen molar-refractivity contribution in [1.29, 1.82) is 0 Å². The quantitative estimate of drug-likeness (QED) is 0.844. The van der Waals surface area contributed by atoms with Crippen LogP contribution in [0.3, 0.4) is 0 Å². The first kappa shape index (κ1) is 13.5. The van der Waals surface area contributed by atoms with Gasteiger partial charge in [0, 0.05) is 10.5 Å². The van der Waals surface area contributed by atoms with Gasteiger partial charge >= 0.3 is 0 Å². The molecule has 0 saturated heterocycles. The third kappa shape index (κ3) is 3.10. The van der Waals surface area contributed by atoms with Gasteiger partial charge in [-0.3, -0.25) is 4.79 Å². The Morgan fingerprint density at radius 2 is 2.29 bits per heavy atom. The molecule has 94 valence electrons. The highest BCUT2D eigenvalue weighted by Crippen LogP contribution is 2.33. The summed E-state index contributed by atoms with van der Waals surface area (Å²) in [5.74, 6) is 0.442. The third-order valence-corrected chi connectivity index (χ3v) is 6.40. The molecule has 1 aromatic rings. The number of hydrogen-bond donors (Lipinski definition) is 2. The molecule has 1 saturated carbocycles. The maximum absolute atomic E-state index is 12.0. The fourth-order valence-corrected chi connectivity index (χ4v) is 4.15. The Hall–Kier alpha value is 0.0900. The number of amides is 1. The molecular weight excluding hydrogens is 368 g/mol. The standard InChI is InChI=1S/C11H14Br2N2OS/c12-7-4-9(17-10(7)13)11(16)15-8-3-1-2-6(8)5-14/h4,6,8H,1-3,5,14H2,(H,15,16). The van der Waals surface area contributed by atoms with Gasteiger partial charge in [0.25, 0.3) is 5.91 Å². The number of halogens is 2. The van der Waals surface area contributed by atoms with Gasteiger partial charge in [-0.2, -0.15) is 0 Å². The third-order valence-electron chi connectivity index (χ3n) is 3.15. The van der Waals surface area contributed by atoms with Crippen molar-refractivity contribution in [3.05, 3.63) is 19.2 Å². The van der Waals surface area contributed by atoms with Crippen molar-refractivity contribution >= 4 is 49.1 Å². The lowest BCUT2D eigenvalue weighted by Gasteiger charge is -2.18. The van der Waals surface area contributed by atoms with Gasteiger partial charge in [0.05, 0.1) is 8.66 Å². The van der Waals surface area contributed by atoms with Crippen LogP contribution in [0.2, 0.25) is 0 Å². The molecule has 3 nitrogen and oxygen atoms in total. The lowest BCUT2D eigenvalue weighted by Crippen LogP contribution is -2.39. The van der Waals surface area contributed by atoms with E-state index >= 15 is 0 Å². The van der Waals surface area contributed by atoms with Crippen molar-refractivity contribution in [1.82, 2.24) is 5.32 Å². The predicted molar refractivity (Wildman–Crippen MR) is 77.4 cm³/mol. The molecular formula is C11H14Br2N2OS. The molecule has 0 radical (unpaired) electrons. The van der Waals surface area contributed by atoms with Crippen molar-refractivity contribution in [2.75, 3.05) is 6.54 Å². The van der Waals surface area contributed by atoms with Gasteiger partial charge in [-0.05, 0) is 63.2 Å². The fourth-order valence-electron chi connectivity index (χ4n) is 2.21. The number of nitrogens with one attached hydrogen (secondary N) is 1. The summed E-state index contributed by atoms with van der Waals surface area (Å²) in [4.78, 5) is 12.8. The number of hydrogen-bond acceptors (Lipinski definition) is 3. The molecule has 1 fully saturated rings. The van der Waals surface area contributed by atoms with Crippen LogP contribution in [0, 0.1) is 5.92 Å². The molecule has 2 rings (SSSR count). The van der Waals surface area contributed by atoms with E-state index in [4.69, 9.17) is 5.73 Å². The van der Waals surface area contributed by atoms with Crippen molar-refractivity contribution in [2.45, 2.75) is 25.3 Å². The molecule has 2 unspecified atom stereocenters. The largest absolute Gasteiger partial charge is 0.348 e. The Balaban J connectivity index is 2.01. The van der Waals surface area contributed by atoms with E-state index in [-0.39, 0.29) is 11.9 Å². The minimum Gasteiger partial charge on any atom is -0.348 e. The zero-order valence-corrected chi connectivity index (χ0v) is 13.2. The van der Waals surface area contributed by atoms with Crippen molar-refractivity contribution in [3.8, 4) is 0 Å². The molecule has 1 aliphatic carbocycles. The highest BCUT2D eigenvalue weighted by Gasteiger charge is 2.28. The van der Waals surface area contributed by atoms with Crippen LogP contribution in [0.15, 0.2) is 14.3 Å². The maximum Gasteiger partial charge on any atom is 0.261 e. The predicted octanol–water partition coefficient (Wildman–Crippen LogP) is 3.13. The lowest BCUT2D eigenvalue weighted by molar-refractivity contribution is 0.0933. The van der Waals surface area contributed by atoms with E-state index in [2.05, 4.69) is 37.2 Å². The molecule has 1 heterocycles. The Labute approximate surface area is 121 Å². The number of rotatable bonds is 3.